The topological polar surface area (TPSA) is 21.3 Å². The number of ether oxygens (including phenoxy) is 1. The van der Waals surface area contributed by atoms with Crippen LogP contribution in [0.2, 0.25) is 5.02 Å². The van der Waals surface area contributed by atoms with Crippen LogP contribution in [0.15, 0.2) is 36.4 Å². The van der Waals surface area contributed by atoms with Gasteiger partial charge in [0.2, 0.25) is 0 Å². The minimum Gasteiger partial charge on any atom is -0.488 e. The van der Waals surface area contributed by atoms with Crippen LogP contribution < -0.4 is 10.1 Å². The molecule has 21 heavy (non-hydrogen) atoms. The van der Waals surface area contributed by atoms with Gasteiger partial charge in [-0.2, -0.15) is 0 Å². The van der Waals surface area contributed by atoms with Crippen LogP contribution in [-0.2, 0) is 6.61 Å². The average molecular weight is 312 g/mol. The van der Waals surface area contributed by atoms with Crippen molar-refractivity contribution in [2.75, 3.05) is 7.05 Å². The van der Waals surface area contributed by atoms with Crippen molar-refractivity contribution >= 4 is 11.6 Å². The molecule has 0 spiro atoms. The molecule has 112 valence electrons. The Labute approximate surface area is 127 Å². The molecule has 1 unspecified atom stereocenters. The Morgan fingerprint density at radius 3 is 2.71 bits per heavy atom. The molecule has 5 heteroatoms. The summed E-state index contributed by atoms with van der Waals surface area (Å²) in [5.41, 5.74) is 1.04. The zero-order valence-electron chi connectivity index (χ0n) is 11.8. The molecule has 2 rings (SSSR count). The molecule has 0 aliphatic rings. The molecule has 2 nitrogen and oxygen atoms in total. The van der Waals surface area contributed by atoms with Gasteiger partial charge in [-0.15, -0.1) is 0 Å². The van der Waals surface area contributed by atoms with E-state index >= 15 is 0 Å². The van der Waals surface area contributed by atoms with Crippen LogP contribution in [0.3, 0.4) is 0 Å². The van der Waals surface area contributed by atoms with E-state index in [0.717, 1.165) is 0 Å². The molecule has 1 atom stereocenters. The van der Waals surface area contributed by atoms with E-state index < -0.39 is 5.82 Å². The summed E-state index contributed by atoms with van der Waals surface area (Å²) in [6.45, 7) is 1.92. The average Bonchev–Trinajstić information content (AvgIpc) is 2.49. The SMILES string of the molecule is CNC(C)c1cc(F)ccc1OCc1cccc(Cl)c1F. The monoisotopic (exact) mass is 311 g/mol. The first-order valence-corrected chi connectivity index (χ1v) is 6.93. The van der Waals surface area contributed by atoms with E-state index in [1.54, 1.807) is 25.2 Å². The summed E-state index contributed by atoms with van der Waals surface area (Å²) < 4.78 is 32.8. The molecule has 2 aromatic carbocycles. The Morgan fingerprint density at radius 2 is 2.00 bits per heavy atom. The summed E-state index contributed by atoms with van der Waals surface area (Å²) >= 11 is 5.73. The van der Waals surface area contributed by atoms with Gasteiger partial charge in [-0.3, -0.25) is 0 Å². The van der Waals surface area contributed by atoms with Gasteiger partial charge < -0.3 is 10.1 Å². The number of rotatable bonds is 5. The highest BCUT2D eigenvalue weighted by Crippen LogP contribution is 2.27. The van der Waals surface area contributed by atoms with Crippen molar-refractivity contribution in [3.8, 4) is 5.75 Å². The molecule has 0 aliphatic heterocycles. The fraction of sp³-hybridized carbons (Fsp3) is 0.250. The number of hydrogen-bond acceptors (Lipinski definition) is 2. The normalized spacial score (nSPS) is 12.2. The third kappa shape index (κ3) is 3.71. The highest BCUT2D eigenvalue weighted by Gasteiger charge is 2.13. The van der Waals surface area contributed by atoms with Gasteiger partial charge in [0.15, 0.2) is 0 Å². The summed E-state index contributed by atoms with van der Waals surface area (Å²) in [7, 11) is 1.77. The summed E-state index contributed by atoms with van der Waals surface area (Å²) in [6.07, 6.45) is 0. The summed E-state index contributed by atoms with van der Waals surface area (Å²) in [4.78, 5) is 0. The molecular formula is C16H16ClF2NO. The maximum Gasteiger partial charge on any atom is 0.148 e. The fourth-order valence-electron chi connectivity index (χ4n) is 1.96. The minimum atomic E-state index is -0.496. The Hall–Kier alpha value is -1.65. The van der Waals surface area contributed by atoms with Gasteiger partial charge in [0, 0.05) is 17.2 Å². The molecule has 2 aromatic rings. The minimum absolute atomic E-state index is 0.0292. The third-order valence-corrected chi connectivity index (χ3v) is 3.58. The maximum atomic E-state index is 13.8. The van der Waals surface area contributed by atoms with Gasteiger partial charge in [0.1, 0.15) is 24.0 Å². The summed E-state index contributed by atoms with van der Waals surface area (Å²) in [5.74, 6) is -0.324. The van der Waals surface area contributed by atoms with Crippen LogP contribution >= 0.6 is 11.6 Å². The lowest BCUT2D eigenvalue weighted by atomic mass is 10.1. The van der Waals surface area contributed by atoms with Crippen LogP contribution in [-0.4, -0.2) is 7.05 Å². The number of halogens is 3. The van der Waals surface area contributed by atoms with E-state index in [1.807, 2.05) is 6.92 Å². The highest BCUT2D eigenvalue weighted by atomic mass is 35.5. The van der Waals surface area contributed by atoms with Crippen molar-refractivity contribution in [3.63, 3.8) is 0 Å². The lowest BCUT2D eigenvalue weighted by molar-refractivity contribution is 0.293. The van der Waals surface area contributed by atoms with Crippen molar-refractivity contribution in [1.29, 1.82) is 0 Å². The van der Waals surface area contributed by atoms with Gasteiger partial charge in [0.25, 0.3) is 0 Å². The maximum absolute atomic E-state index is 13.8. The fourth-order valence-corrected chi connectivity index (χ4v) is 2.15. The Kier molecular flexibility index (Phi) is 5.15. The van der Waals surface area contributed by atoms with Gasteiger partial charge in [0.05, 0.1) is 5.02 Å². The Balaban J connectivity index is 2.22. The zero-order valence-corrected chi connectivity index (χ0v) is 12.5. The summed E-state index contributed by atoms with van der Waals surface area (Å²) in [6, 6.07) is 8.92. The summed E-state index contributed by atoms with van der Waals surface area (Å²) in [5, 5.41) is 3.08. The second-order valence-corrected chi connectivity index (χ2v) is 5.10. The molecule has 0 amide bonds. The van der Waals surface area contributed by atoms with Crippen molar-refractivity contribution in [3.05, 3.63) is 64.2 Å². The first kappa shape index (κ1) is 15.7. The van der Waals surface area contributed by atoms with Crippen LogP contribution in [0, 0.1) is 11.6 Å². The van der Waals surface area contributed by atoms with Crippen LogP contribution in [0.4, 0.5) is 8.78 Å². The van der Waals surface area contributed by atoms with Gasteiger partial charge in [-0.1, -0.05) is 23.7 Å². The number of hydrogen-bond donors (Lipinski definition) is 1. The molecule has 0 aliphatic carbocycles. The molecule has 1 N–H and O–H groups in total. The predicted octanol–water partition coefficient (Wildman–Crippen LogP) is 4.48. The molecule has 0 bridgehead atoms. The molecule has 0 saturated heterocycles. The van der Waals surface area contributed by atoms with E-state index in [0.29, 0.717) is 16.9 Å². The Morgan fingerprint density at radius 1 is 1.24 bits per heavy atom. The predicted molar refractivity (Wildman–Crippen MR) is 79.6 cm³/mol. The van der Waals surface area contributed by atoms with E-state index in [9.17, 15) is 8.78 Å². The number of nitrogens with one attached hydrogen (secondary N) is 1. The third-order valence-electron chi connectivity index (χ3n) is 3.29. The zero-order chi connectivity index (χ0) is 15.4. The largest absolute Gasteiger partial charge is 0.488 e. The molecular weight excluding hydrogens is 296 g/mol. The molecule has 0 fully saturated rings. The number of benzene rings is 2. The van der Waals surface area contributed by atoms with Crippen molar-refractivity contribution in [2.45, 2.75) is 19.6 Å². The van der Waals surface area contributed by atoms with Crippen molar-refractivity contribution in [2.24, 2.45) is 0 Å². The smallest absolute Gasteiger partial charge is 0.148 e. The van der Waals surface area contributed by atoms with Crippen LogP contribution in [0.5, 0.6) is 5.75 Å². The molecule has 0 saturated carbocycles. The van der Waals surface area contributed by atoms with E-state index in [1.165, 1.54) is 18.2 Å². The first-order valence-electron chi connectivity index (χ1n) is 6.55. The molecule has 0 heterocycles. The first-order chi connectivity index (χ1) is 10.0. The van der Waals surface area contributed by atoms with Crippen LogP contribution in [0.25, 0.3) is 0 Å². The second kappa shape index (κ2) is 6.87. The quantitative estimate of drug-likeness (QED) is 0.879. The molecule has 0 aromatic heterocycles. The lowest BCUT2D eigenvalue weighted by Gasteiger charge is -2.17. The van der Waals surface area contributed by atoms with E-state index in [-0.39, 0.29) is 23.5 Å². The second-order valence-electron chi connectivity index (χ2n) is 4.69. The lowest BCUT2D eigenvalue weighted by Crippen LogP contribution is -2.14. The van der Waals surface area contributed by atoms with Crippen molar-refractivity contribution in [1.82, 2.24) is 5.32 Å². The standard InChI is InChI=1S/C16H16ClF2NO/c1-10(20-2)13-8-12(18)6-7-15(13)21-9-11-4-3-5-14(17)16(11)19/h3-8,10,20H,9H2,1-2H3. The van der Waals surface area contributed by atoms with Crippen LogP contribution in [0.1, 0.15) is 24.1 Å². The van der Waals surface area contributed by atoms with Gasteiger partial charge >= 0.3 is 0 Å². The van der Waals surface area contributed by atoms with Crippen molar-refractivity contribution < 1.29 is 13.5 Å². The highest BCUT2D eigenvalue weighted by molar-refractivity contribution is 6.30. The Bertz CT molecular complexity index is 634. The van der Waals surface area contributed by atoms with Gasteiger partial charge in [-0.25, -0.2) is 8.78 Å². The molecule has 0 radical (unpaired) electrons. The van der Waals surface area contributed by atoms with E-state index in [4.69, 9.17) is 16.3 Å². The van der Waals surface area contributed by atoms with E-state index in [2.05, 4.69) is 5.32 Å². The van der Waals surface area contributed by atoms with Gasteiger partial charge in [-0.05, 0) is 38.2 Å².